The van der Waals surface area contributed by atoms with Gasteiger partial charge >= 0.3 is 6.09 Å². The van der Waals surface area contributed by atoms with Gasteiger partial charge in [0.25, 0.3) is 5.91 Å². The normalized spacial score (nSPS) is 16.2. The quantitative estimate of drug-likeness (QED) is 0.115. The Kier molecular flexibility index (Phi) is 10.8. The molecule has 0 aliphatic carbocycles. The Morgan fingerprint density at radius 1 is 0.931 bits per heavy atom. The number of likely N-dealkylation sites (N-methyl/N-ethyl adjacent to an activating group) is 1. The number of amides is 3. The number of aromatic amines is 2. The molecule has 5 N–H and O–H groups in total. The Bertz CT molecular complexity index is 2410. The van der Waals surface area contributed by atoms with Crippen LogP contribution in [0.25, 0.3) is 33.6 Å². The number of H-pyrrole nitrogens is 2. The van der Waals surface area contributed by atoms with Crippen LogP contribution in [0.4, 0.5) is 4.79 Å². The summed E-state index contributed by atoms with van der Waals surface area (Å²) in [6, 6.07) is 30.7. The number of carbonyl (C=O) groups excluding carboxylic acids is 3. The van der Waals surface area contributed by atoms with Crippen LogP contribution in [0.2, 0.25) is 0 Å². The molecule has 0 saturated carbocycles. The second-order valence-electron chi connectivity index (χ2n) is 14.7. The molecule has 2 aromatic heterocycles. The summed E-state index contributed by atoms with van der Waals surface area (Å²) in [6.45, 7) is 2.98. The van der Waals surface area contributed by atoms with Crippen LogP contribution < -0.4 is 15.8 Å². The molecule has 0 spiro atoms. The van der Waals surface area contributed by atoms with Gasteiger partial charge in [-0.25, -0.2) is 14.8 Å². The number of likely N-dealkylation sites (tertiary alicyclic amines) is 1. The van der Waals surface area contributed by atoms with Crippen molar-refractivity contribution >= 4 is 17.9 Å². The van der Waals surface area contributed by atoms with E-state index in [4.69, 9.17) is 25.2 Å². The summed E-state index contributed by atoms with van der Waals surface area (Å²) in [7, 11) is 3.04. The first kappa shape index (κ1) is 38.2. The molecule has 2 aliphatic rings. The molecule has 0 bridgehead atoms. The Morgan fingerprint density at radius 2 is 1.62 bits per heavy atom. The van der Waals surface area contributed by atoms with E-state index in [0.717, 1.165) is 63.5 Å². The summed E-state index contributed by atoms with van der Waals surface area (Å²) in [4.78, 5) is 59.5. The average molecular weight is 779 g/mol. The Balaban J connectivity index is 0.969. The smallest absolute Gasteiger partial charge is 0.407 e. The number of alkyl carbamates (subject to hydrolysis) is 1. The van der Waals surface area contributed by atoms with E-state index in [-0.39, 0.29) is 23.9 Å². The fraction of sp³-hybridized carbons (Fsp3) is 0.267. The number of fused-ring (bicyclic) bond motifs is 3. The van der Waals surface area contributed by atoms with Gasteiger partial charge in [-0.1, -0.05) is 91.0 Å². The van der Waals surface area contributed by atoms with Gasteiger partial charge in [-0.05, 0) is 59.7 Å². The summed E-state index contributed by atoms with van der Waals surface area (Å²) >= 11 is 0. The van der Waals surface area contributed by atoms with Crippen LogP contribution >= 0.6 is 0 Å². The lowest BCUT2D eigenvalue weighted by Crippen LogP contribution is -2.42. The van der Waals surface area contributed by atoms with Gasteiger partial charge in [0.15, 0.2) is 0 Å². The van der Waals surface area contributed by atoms with E-state index < -0.39 is 18.2 Å². The predicted molar refractivity (Wildman–Crippen MR) is 219 cm³/mol. The maximum Gasteiger partial charge on any atom is 0.407 e. The van der Waals surface area contributed by atoms with Gasteiger partial charge in [0.05, 0.1) is 43.4 Å². The number of methoxy groups -OCH3 is 1. The number of aromatic nitrogens is 4. The van der Waals surface area contributed by atoms with E-state index in [0.29, 0.717) is 36.8 Å². The molecule has 6 aromatic rings. The first-order valence-corrected chi connectivity index (χ1v) is 19.5. The molecular weight excluding hydrogens is 733 g/mol. The lowest BCUT2D eigenvalue weighted by Gasteiger charge is -2.28. The Labute approximate surface area is 336 Å². The maximum atomic E-state index is 13.9. The van der Waals surface area contributed by atoms with Gasteiger partial charge in [-0.2, -0.15) is 0 Å². The highest BCUT2D eigenvalue weighted by Crippen LogP contribution is 2.39. The summed E-state index contributed by atoms with van der Waals surface area (Å²) in [6.07, 6.45) is 3.33. The van der Waals surface area contributed by atoms with E-state index in [9.17, 15) is 14.4 Å². The lowest BCUT2D eigenvalue weighted by molar-refractivity contribution is -0.135. The molecule has 4 heterocycles. The van der Waals surface area contributed by atoms with Crippen LogP contribution in [0, 0.1) is 0 Å². The van der Waals surface area contributed by atoms with E-state index in [1.165, 1.54) is 7.11 Å². The molecule has 4 aromatic carbocycles. The number of ether oxygens (including phenoxy) is 2. The highest BCUT2D eigenvalue weighted by atomic mass is 16.5. The number of hydrogen-bond donors (Lipinski definition) is 4. The van der Waals surface area contributed by atoms with Gasteiger partial charge in [0, 0.05) is 31.3 Å². The number of nitrogens with two attached hydrogens (primary N) is 1. The molecule has 1 saturated heterocycles. The molecule has 1 fully saturated rings. The minimum atomic E-state index is -0.883. The fourth-order valence-corrected chi connectivity index (χ4v) is 7.79. The first-order chi connectivity index (χ1) is 28.2. The van der Waals surface area contributed by atoms with Crippen LogP contribution in [-0.2, 0) is 20.7 Å². The second kappa shape index (κ2) is 16.4. The second-order valence-corrected chi connectivity index (χ2v) is 14.7. The van der Waals surface area contributed by atoms with Crippen LogP contribution in [0.1, 0.15) is 72.4 Å². The minimum absolute atomic E-state index is 0.186. The van der Waals surface area contributed by atoms with Crippen molar-refractivity contribution < 1.29 is 23.9 Å². The molecular formula is C45H46N8O5. The molecule has 8 rings (SSSR count). The van der Waals surface area contributed by atoms with Crippen LogP contribution in [0.5, 0.6) is 5.75 Å². The number of hydrogen-bond acceptors (Lipinski definition) is 8. The largest absolute Gasteiger partial charge is 0.492 e. The van der Waals surface area contributed by atoms with Crippen molar-refractivity contribution in [2.45, 2.75) is 50.4 Å². The molecule has 4 atom stereocenters. The van der Waals surface area contributed by atoms with Gasteiger partial charge in [0.1, 0.15) is 29.5 Å². The highest BCUT2D eigenvalue weighted by molar-refractivity contribution is 5.87. The average Bonchev–Trinajstić information content (AvgIpc) is 4.04. The van der Waals surface area contributed by atoms with Crippen LogP contribution in [0.15, 0.2) is 109 Å². The highest BCUT2D eigenvalue weighted by Gasteiger charge is 2.37. The lowest BCUT2D eigenvalue weighted by atomic mass is 9.99. The molecule has 13 heteroatoms. The molecule has 13 nitrogen and oxygen atoms in total. The van der Waals surface area contributed by atoms with Crippen molar-refractivity contribution in [1.29, 1.82) is 0 Å². The molecule has 2 aliphatic heterocycles. The number of benzene rings is 4. The first-order valence-electron chi connectivity index (χ1n) is 19.5. The van der Waals surface area contributed by atoms with Crippen molar-refractivity contribution in [3.05, 3.63) is 138 Å². The Morgan fingerprint density at radius 3 is 2.34 bits per heavy atom. The summed E-state index contributed by atoms with van der Waals surface area (Å²) < 4.78 is 11.1. The number of carbonyl (C=O) groups is 3. The van der Waals surface area contributed by atoms with E-state index in [1.54, 1.807) is 23.0 Å². The monoisotopic (exact) mass is 778 g/mol. The third-order valence-corrected chi connectivity index (χ3v) is 11.2. The van der Waals surface area contributed by atoms with Gasteiger partial charge in [-0.15, -0.1) is 0 Å². The predicted octanol–water partition coefficient (Wildman–Crippen LogP) is 7.05. The zero-order valence-electron chi connectivity index (χ0n) is 32.6. The van der Waals surface area contributed by atoms with Gasteiger partial charge in [-0.3, -0.25) is 9.59 Å². The summed E-state index contributed by atoms with van der Waals surface area (Å²) in [5.41, 5.74) is 14.3. The number of imidazole rings is 2. The third kappa shape index (κ3) is 7.55. The molecule has 58 heavy (non-hydrogen) atoms. The van der Waals surface area contributed by atoms with Gasteiger partial charge < -0.3 is 40.3 Å². The van der Waals surface area contributed by atoms with E-state index in [2.05, 4.69) is 33.5 Å². The maximum absolute atomic E-state index is 13.9. The fourth-order valence-electron chi connectivity index (χ4n) is 7.79. The van der Waals surface area contributed by atoms with E-state index in [1.807, 2.05) is 91.9 Å². The number of nitrogens with one attached hydrogen (secondary N) is 3. The van der Waals surface area contributed by atoms with Crippen molar-refractivity contribution in [3.63, 3.8) is 0 Å². The van der Waals surface area contributed by atoms with Gasteiger partial charge in [0.2, 0.25) is 5.91 Å². The molecule has 3 amide bonds. The summed E-state index contributed by atoms with van der Waals surface area (Å²) in [5.74, 6) is 1.73. The standard InChI is InChI=1S/C45H46N8O5/c1-27(52(2)43(54)38(46)30-11-6-4-7-12-30)41-48-34-22-24-58-37-25-32(20-21-33(37)40(34)50-41)28-16-18-29(19-17-28)35-26-47-42(49-35)36-15-10-23-53(36)44(55)39(51-45(56)57-3)31-13-8-5-9-14-31/h4-9,11-14,16-21,25-27,36,38-39H,10,15,22-24,46H2,1-3H3,(H,47,49)(H,48,50)(H,51,56)/t27-,36-,38+,39+/m0/s1. The third-order valence-electron chi connectivity index (χ3n) is 11.2. The molecule has 0 radical (unpaired) electrons. The molecule has 0 unspecified atom stereocenters. The van der Waals surface area contributed by atoms with Crippen molar-refractivity contribution in [3.8, 4) is 39.4 Å². The number of rotatable bonds is 10. The zero-order valence-corrected chi connectivity index (χ0v) is 32.6. The van der Waals surface area contributed by atoms with Crippen molar-refractivity contribution in [1.82, 2.24) is 35.1 Å². The minimum Gasteiger partial charge on any atom is -0.492 e. The Hall–Kier alpha value is -6.73. The zero-order chi connectivity index (χ0) is 40.3. The van der Waals surface area contributed by atoms with Crippen LogP contribution in [-0.4, -0.2) is 75.0 Å². The van der Waals surface area contributed by atoms with E-state index >= 15 is 0 Å². The van der Waals surface area contributed by atoms with Crippen molar-refractivity contribution in [2.75, 3.05) is 27.3 Å². The SMILES string of the molecule is COC(=O)N[C@@H](C(=O)N1CCC[C@H]1c1ncc(-c2ccc(-c3ccc4c(c3)OCCc3[nH]c([C@H](C)N(C)C(=O)[C@H](N)c5ccccc5)nc3-4)cc2)[nH]1)c1ccccc1. The molecule has 296 valence electrons. The van der Waals surface area contributed by atoms with Crippen molar-refractivity contribution in [2.24, 2.45) is 5.73 Å². The summed E-state index contributed by atoms with van der Waals surface area (Å²) in [5, 5.41) is 2.71. The topological polar surface area (TPSA) is 172 Å². The number of nitrogens with zero attached hydrogens (tertiary/aromatic N) is 4. The van der Waals surface area contributed by atoms with Crippen LogP contribution in [0.3, 0.4) is 0 Å².